The maximum Gasteiger partial charge on any atom is 0.313 e. The van der Waals surface area contributed by atoms with Crippen LogP contribution in [-0.4, -0.2) is 29.4 Å². The van der Waals surface area contributed by atoms with Crippen LogP contribution >= 0.6 is 0 Å². The molecule has 0 aromatic heterocycles. The molecule has 7 heteroatoms. The van der Waals surface area contributed by atoms with Crippen molar-refractivity contribution in [3.05, 3.63) is 72.3 Å². The molecule has 0 heterocycles. The Morgan fingerprint density at radius 2 is 1.47 bits per heavy atom. The van der Waals surface area contributed by atoms with Crippen LogP contribution in [-0.2, 0) is 14.4 Å². The summed E-state index contributed by atoms with van der Waals surface area (Å²) >= 11 is 0. The second kappa shape index (κ2) is 9.67. The van der Waals surface area contributed by atoms with Crippen molar-refractivity contribution in [2.24, 2.45) is 0 Å². The van der Waals surface area contributed by atoms with Crippen LogP contribution in [0, 0.1) is 0 Å². The molecule has 4 N–H and O–H groups in total. The Kier molecular flexibility index (Phi) is 6.77. The lowest BCUT2D eigenvalue weighted by Crippen LogP contribution is -2.36. The molecule has 0 radical (unpaired) electrons. The molecular weight excluding hydrogens is 382 g/mol. The lowest BCUT2D eigenvalue weighted by Gasteiger charge is -2.14. The molecule has 3 aromatic carbocycles. The van der Waals surface area contributed by atoms with Gasteiger partial charge in [0, 0.05) is 24.8 Å². The smallest absolute Gasteiger partial charge is 0.313 e. The van der Waals surface area contributed by atoms with Crippen LogP contribution in [0.15, 0.2) is 66.7 Å². The Balaban J connectivity index is 1.50. The number of aliphatic hydroxyl groups is 1. The molecule has 0 spiro atoms. The molecular formula is C23H23N3O4. The first-order chi connectivity index (χ1) is 14.4. The minimum absolute atomic E-state index is 0.151. The van der Waals surface area contributed by atoms with E-state index in [1.807, 2.05) is 42.5 Å². The van der Waals surface area contributed by atoms with Gasteiger partial charge in [-0.05, 0) is 47.0 Å². The van der Waals surface area contributed by atoms with Gasteiger partial charge in [-0.25, -0.2) is 0 Å². The van der Waals surface area contributed by atoms with Crippen molar-refractivity contribution < 1.29 is 19.5 Å². The van der Waals surface area contributed by atoms with Gasteiger partial charge in [0.25, 0.3) is 0 Å². The molecule has 154 valence electrons. The largest absolute Gasteiger partial charge is 0.388 e. The zero-order valence-electron chi connectivity index (χ0n) is 16.5. The number of rotatable bonds is 6. The minimum Gasteiger partial charge on any atom is -0.388 e. The quantitative estimate of drug-likeness (QED) is 0.473. The number of carbonyl (C=O) groups is 3. The Hall–Kier alpha value is -3.71. The number of anilines is 2. The van der Waals surface area contributed by atoms with Gasteiger partial charge in [-0.15, -0.1) is 0 Å². The van der Waals surface area contributed by atoms with E-state index in [-0.39, 0.29) is 18.9 Å². The SMILES string of the molecule is CC(=O)Nc1ccc(NC(=O)C(=O)NCCC(O)c2cccc3ccccc23)cc1. The second-order valence-corrected chi connectivity index (χ2v) is 6.84. The normalized spacial score (nSPS) is 11.5. The monoisotopic (exact) mass is 405 g/mol. The highest BCUT2D eigenvalue weighted by Gasteiger charge is 2.15. The fourth-order valence-corrected chi connectivity index (χ4v) is 3.13. The predicted molar refractivity (Wildman–Crippen MR) is 116 cm³/mol. The summed E-state index contributed by atoms with van der Waals surface area (Å²) in [7, 11) is 0. The summed E-state index contributed by atoms with van der Waals surface area (Å²) in [6.45, 7) is 1.55. The molecule has 0 aliphatic rings. The molecule has 0 saturated heterocycles. The van der Waals surface area contributed by atoms with Gasteiger partial charge in [-0.3, -0.25) is 14.4 Å². The summed E-state index contributed by atoms with van der Waals surface area (Å²) in [6, 6.07) is 19.9. The molecule has 0 bridgehead atoms. The lowest BCUT2D eigenvalue weighted by atomic mass is 9.99. The van der Waals surface area contributed by atoms with Gasteiger partial charge < -0.3 is 21.1 Å². The van der Waals surface area contributed by atoms with Gasteiger partial charge in [0.2, 0.25) is 5.91 Å². The molecule has 0 aliphatic carbocycles. The van der Waals surface area contributed by atoms with E-state index < -0.39 is 17.9 Å². The third kappa shape index (κ3) is 5.42. The maximum atomic E-state index is 12.0. The highest BCUT2D eigenvalue weighted by molar-refractivity contribution is 6.39. The number of carbonyl (C=O) groups excluding carboxylic acids is 3. The van der Waals surface area contributed by atoms with E-state index in [1.165, 1.54) is 6.92 Å². The summed E-state index contributed by atoms with van der Waals surface area (Å²) < 4.78 is 0. The number of amides is 3. The van der Waals surface area contributed by atoms with Gasteiger partial charge in [-0.1, -0.05) is 42.5 Å². The molecule has 1 unspecified atom stereocenters. The molecule has 0 saturated carbocycles. The Morgan fingerprint density at radius 1 is 0.833 bits per heavy atom. The zero-order chi connectivity index (χ0) is 21.5. The van der Waals surface area contributed by atoms with Gasteiger partial charge in [0.15, 0.2) is 0 Å². The molecule has 3 rings (SSSR count). The first kappa shape index (κ1) is 21.0. The summed E-state index contributed by atoms with van der Waals surface area (Å²) in [4.78, 5) is 35.1. The van der Waals surface area contributed by atoms with Crippen molar-refractivity contribution >= 4 is 39.9 Å². The highest BCUT2D eigenvalue weighted by Crippen LogP contribution is 2.25. The van der Waals surface area contributed by atoms with Crippen LogP contribution in [0.25, 0.3) is 10.8 Å². The summed E-state index contributed by atoms with van der Waals surface area (Å²) in [6.07, 6.45) is -0.487. The third-order valence-electron chi connectivity index (χ3n) is 4.56. The first-order valence-corrected chi connectivity index (χ1v) is 9.56. The highest BCUT2D eigenvalue weighted by atomic mass is 16.3. The molecule has 3 aromatic rings. The third-order valence-corrected chi connectivity index (χ3v) is 4.56. The van der Waals surface area contributed by atoms with Crippen LogP contribution in [0.5, 0.6) is 0 Å². The number of hydrogen-bond donors (Lipinski definition) is 4. The molecule has 7 nitrogen and oxygen atoms in total. The van der Waals surface area contributed by atoms with E-state index >= 15 is 0 Å². The zero-order valence-corrected chi connectivity index (χ0v) is 16.5. The Morgan fingerprint density at radius 3 is 2.17 bits per heavy atom. The van der Waals surface area contributed by atoms with Crippen molar-refractivity contribution in [3.8, 4) is 0 Å². The van der Waals surface area contributed by atoms with Crippen molar-refractivity contribution in [3.63, 3.8) is 0 Å². The molecule has 30 heavy (non-hydrogen) atoms. The van der Waals surface area contributed by atoms with Crippen molar-refractivity contribution in [2.75, 3.05) is 17.2 Å². The molecule has 0 fully saturated rings. The minimum atomic E-state index is -0.804. The average Bonchev–Trinajstić information content (AvgIpc) is 2.74. The number of benzene rings is 3. The van der Waals surface area contributed by atoms with E-state index in [1.54, 1.807) is 24.3 Å². The number of hydrogen-bond acceptors (Lipinski definition) is 4. The van der Waals surface area contributed by atoms with Gasteiger partial charge in [0.1, 0.15) is 0 Å². The lowest BCUT2D eigenvalue weighted by molar-refractivity contribution is -0.136. The van der Waals surface area contributed by atoms with Crippen LogP contribution < -0.4 is 16.0 Å². The van der Waals surface area contributed by atoms with Crippen LogP contribution in [0.1, 0.15) is 25.0 Å². The van der Waals surface area contributed by atoms with Gasteiger partial charge in [-0.2, -0.15) is 0 Å². The number of fused-ring (bicyclic) bond motifs is 1. The molecule has 0 aliphatic heterocycles. The van der Waals surface area contributed by atoms with E-state index in [0.717, 1.165) is 16.3 Å². The average molecular weight is 405 g/mol. The van der Waals surface area contributed by atoms with Crippen molar-refractivity contribution in [1.29, 1.82) is 0 Å². The number of nitrogens with one attached hydrogen (secondary N) is 3. The van der Waals surface area contributed by atoms with E-state index in [4.69, 9.17) is 0 Å². The molecule has 3 amide bonds. The van der Waals surface area contributed by atoms with E-state index in [2.05, 4.69) is 16.0 Å². The standard InChI is InChI=1S/C23H23N3O4/c1-15(27)25-17-9-11-18(12-10-17)26-23(30)22(29)24-14-13-21(28)20-8-4-6-16-5-2-3-7-19(16)20/h2-12,21,28H,13-14H2,1H3,(H,24,29)(H,25,27)(H,26,30). The van der Waals surface area contributed by atoms with Gasteiger partial charge in [0.05, 0.1) is 6.10 Å². The van der Waals surface area contributed by atoms with Gasteiger partial charge >= 0.3 is 11.8 Å². The second-order valence-electron chi connectivity index (χ2n) is 6.84. The summed E-state index contributed by atoms with van der Waals surface area (Å²) in [5.41, 5.74) is 1.80. The first-order valence-electron chi connectivity index (χ1n) is 9.56. The predicted octanol–water partition coefficient (Wildman–Crippen LogP) is 2.98. The van der Waals surface area contributed by atoms with Crippen molar-refractivity contribution in [1.82, 2.24) is 5.32 Å². The van der Waals surface area contributed by atoms with E-state index in [0.29, 0.717) is 11.4 Å². The van der Waals surface area contributed by atoms with Crippen molar-refractivity contribution in [2.45, 2.75) is 19.4 Å². The fraction of sp³-hybridized carbons (Fsp3) is 0.174. The van der Waals surface area contributed by atoms with E-state index in [9.17, 15) is 19.5 Å². The maximum absolute atomic E-state index is 12.0. The fourth-order valence-electron chi connectivity index (χ4n) is 3.13. The van der Waals surface area contributed by atoms with Crippen LogP contribution in [0.2, 0.25) is 0 Å². The number of aliphatic hydroxyl groups excluding tert-OH is 1. The summed E-state index contributed by atoms with van der Waals surface area (Å²) in [5, 5.41) is 20.1. The Bertz CT molecular complexity index is 1060. The Labute approximate surface area is 174 Å². The van der Waals surface area contributed by atoms with Crippen LogP contribution in [0.3, 0.4) is 0 Å². The topological polar surface area (TPSA) is 108 Å². The van der Waals surface area contributed by atoms with Crippen LogP contribution in [0.4, 0.5) is 11.4 Å². The molecule has 1 atom stereocenters. The summed E-state index contributed by atoms with van der Waals surface area (Å²) in [5.74, 6) is -1.79.